The van der Waals surface area contributed by atoms with E-state index in [-0.39, 0.29) is 19.8 Å². The molecule has 1 fully saturated rings. The number of cyclic esters (lactones) is 2. The minimum atomic E-state index is -0.747. The lowest BCUT2D eigenvalue weighted by atomic mass is 10.1. The Bertz CT molecular complexity index is 782. The van der Waals surface area contributed by atoms with Gasteiger partial charge in [0.25, 0.3) is 0 Å². The van der Waals surface area contributed by atoms with Crippen molar-refractivity contribution in [1.82, 2.24) is 0 Å². The minimum absolute atomic E-state index is 0.0457. The third-order valence-electron chi connectivity index (χ3n) is 3.51. The summed E-state index contributed by atoms with van der Waals surface area (Å²) in [5.74, 6) is 0.0291. The molecule has 124 valence electrons. The first-order valence-corrected chi connectivity index (χ1v) is 7.42. The van der Waals surface area contributed by atoms with E-state index in [9.17, 15) is 9.59 Å². The number of fused-ring (bicyclic) bond motifs is 1. The van der Waals surface area contributed by atoms with Crippen LogP contribution in [0.25, 0.3) is 16.8 Å². The van der Waals surface area contributed by atoms with Crippen LogP contribution in [0, 0.1) is 0 Å². The molecule has 1 heterocycles. The number of benzene rings is 2. The molecule has 0 saturated carbocycles. The summed E-state index contributed by atoms with van der Waals surface area (Å²) in [7, 11) is 0. The van der Waals surface area contributed by atoms with E-state index in [4.69, 9.17) is 14.2 Å². The van der Waals surface area contributed by atoms with Crippen LogP contribution < -0.4 is 4.74 Å². The van der Waals surface area contributed by atoms with Crippen molar-refractivity contribution in [1.29, 1.82) is 0 Å². The van der Waals surface area contributed by atoms with Gasteiger partial charge < -0.3 is 18.9 Å². The Kier molecular flexibility index (Phi) is 4.65. The molecule has 6 nitrogen and oxygen atoms in total. The van der Waals surface area contributed by atoms with Crippen molar-refractivity contribution in [2.24, 2.45) is 0 Å². The van der Waals surface area contributed by atoms with Gasteiger partial charge in [0.15, 0.2) is 12.7 Å². The van der Waals surface area contributed by atoms with Gasteiger partial charge in [0, 0.05) is 0 Å². The molecule has 1 saturated heterocycles. The van der Waals surface area contributed by atoms with Crippen LogP contribution in [0.5, 0.6) is 5.75 Å². The Hall–Kier alpha value is -3.02. The number of rotatable bonds is 6. The van der Waals surface area contributed by atoms with Crippen LogP contribution in [-0.2, 0) is 19.0 Å². The molecule has 0 spiro atoms. The lowest BCUT2D eigenvalue weighted by molar-refractivity contribution is -0.148. The number of carbonyl (C=O) groups is 2. The summed E-state index contributed by atoms with van der Waals surface area (Å²) < 4.78 is 19.8. The third kappa shape index (κ3) is 3.84. The average molecular weight is 328 g/mol. The third-order valence-corrected chi connectivity index (χ3v) is 3.51. The van der Waals surface area contributed by atoms with E-state index in [2.05, 4.69) is 11.3 Å². The Morgan fingerprint density at radius 1 is 1.25 bits per heavy atom. The second-order valence-electron chi connectivity index (χ2n) is 5.25. The molecular weight excluding hydrogens is 312 g/mol. The predicted molar refractivity (Wildman–Crippen MR) is 86.7 cm³/mol. The fraction of sp³-hybridized carbons (Fsp3) is 0.222. The van der Waals surface area contributed by atoms with Crippen molar-refractivity contribution in [2.45, 2.75) is 6.10 Å². The molecule has 0 amide bonds. The van der Waals surface area contributed by atoms with Crippen LogP contribution in [-0.4, -0.2) is 38.0 Å². The number of carbonyl (C=O) groups excluding carboxylic acids is 2. The summed E-state index contributed by atoms with van der Waals surface area (Å²) in [4.78, 5) is 22.4. The van der Waals surface area contributed by atoms with Crippen molar-refractivity contribution < 1.29 is 28.5 Å². The Morgan fingerprint density at radius 3 is 2.79 bits per heavy atom. The van der Waals surface area contributed by atoms with Crippen LogP contribution in [0.15, 0.2) is 43.0 Å². The molecule has 6 heteroatoms. The zero-order valence-corrected chi connectivity index (χ0v) is 12.9. The molecule has 0 aromatic heterocycles. The van der Waals surface area contributed by atoms with E-state index in [1.54, 1.807) is 12.1 Å². The molecule has 0 aliphatic carbocycles. The molecule has 1 atom stereocenters. The summed E-state index contributed by atoms with van der Waals surface area (Å²) >= 11 is 0. The first-order valence-electron chi connectivity index (χ1n) is 7.42. The van der Waals surface area contributed by atoms with E-state index in [0.717, 1.165) is 16.3 Å². The largest absolute Gasteiger partial charge is 0.508 e. The highest BCUT2D eigenvalue weighted by Gasteiger charge is 2.26. The minimum Gasteiger partial charge on any atom is -0.482 e. The molecule has 0 bridgehead atoms. The normalized spacial score (nSPS) is 16.3. The van der Waals surface area contributed by atoms with Crippen molar-refractivity contribution in [3.8, 4) is 5.75 Å². The fourth-order valence-electron chi connectivity index (χ4n) is 2.28. The molecular formula is C18H16O6. The highest BCUT2D eigenvalue weighted by atomic mass is 16.8. The van der Waals surface area contributed by atoms with E-state index in [0.29, 0.717) is 5.75 Å². The van der Waals surface area contributed by atoms with Crippen molar-refractivity contribution >= 4 is 29.0 Å². The first kappa shape index (κ1) is 15.9. The predicted octanol–water partition coefficient (Wildman–Crippen LogP) is 2.94. The zero-order chi connectivity index (χ0) is 16.9. The standard InChI is InChI=1S/C18H16O6/c1-2-12-3-4-14-8-15(6-5-13(14)7-12)21-11-17(19)22-9-16-10-23-18(20)24-16/h2-8,16H,1,9-11H2. The maximum Gasteiger partial charge on any atom is 0.508 e. The lowest BCUT2D eigenvalue weighted by Crippen LogP contribution is -2.23. The highest BCUT2D eigenvalue weighted by molar-refractivity contribution is 5.86. The van der Waals surface area contributed by atoms with E-state index in [1.165, 1.54) is 0 Å². The van der Waals surface area contributed by atoms with Gasteiger partial charge in [-0.15, -0.1) is 0 Å². The number of hydrogen-bond donors (Lipinski definition) is 0. The van der Waals surface area contributed by atoms with E-state index in [1.807, 2.05) is 30.3 Å². The summed E-state index contributed by atoms with van der Waals surface area (Å²) in [6.45, 7) is 3.56. The fourth-order valence-corrected chi connectivity index (χ4v) is 2.28. The van der Waals surface area contributed by atoms with Crippen molar-refractivity contribution in [3.63, 3.8) is 0 Å². The van der Waals surface area contributed by atoms with Gasteiger partial charge in [-0.3, -0.25) is 0 Å². The van der Waals surface area contributed by atoms with Crippen molar-refractivity contribution in [2.75, 3.05) is 19.8 Å². The maximum atomic E-state index is 11.7. The Balaban J connectivity index is 1.52. The zero-order valence-electron chi connectivity index (χ0n) is 12.9. The van der Waals surface area contributed by atoms with Gasteiger partial charge in [0.05, 0.1) is 0 Å². The summed E-state index contributed by atoms with van der Waals surface area (Å²) in [5.41, 5.74) is 1.04. The highest BCUT2D eigenvalue weighted by Crippen LogP contribution is 2.22. The molecule has 0 N–H and O–H groups in total. The van der Waals surface area contributed by atoms with Gasteiger partial charge in [0.2, 0.25) is 0 Å². The molecule has 1 aliphatic rings. The molecule has 1 aliphatic heterocycles. The van der Waals surface area contributed by atoms with Gasteiger partial charge >= 0.3 is 12.1 Å². The second kappa shape index (κ2) is 7.04. The number of esters is 1. The lowest BCUT2D eigenvalue weighted by Gasteiger charge is -2.10. The van der Waals surface area contributed by atoms with Crippen LogP contribution in [0.2, 0.25) is 0 Å². The monoisotopic (exact) mass is 328 g/mol. The topological polar surface area (TPSA) is 71.1 Å². The van der Waals surface area contributed by atoms with E-state index < -0.39 is 18.2 Å². The van der Waals surface area contributed by atoms with Crippen molar-refractivity contribution in [3.05, 3.63) is 48.5 Å². The quantitative estimate of drug-likeness (QED) is 0.759. The SMILES string of the molecule is C=Cc1ccc2cc(OCC(=O)OCC3COC(=O)O3)ccc2c1. The van der Waals surface area contributed by atoms with Crippen LogP contribution in [0.4, 0.5) is 4.79 Å². The smallest absolute Gasteiger partial charge is 0.482 e. The molecule has 1 unspecified atom stereocenters. The van der Waals surface area contributed by atoms with Crippen LogP contribution >= 0.6 is 0 Å². The number of ether oxygens (including phenoxy) is 4. The van der Waals surface area contributed by atoms with Gasteiger partial charge in [-0.2, -0.15) is 0 Å². The summed E-state index contributed by atoms with van der Waals surface area (Å²) in [6.07, 6.45) is 0.483. The molecule has 24 heavy (non-hydrogen) atoms. The van der Waals surface area contributed by atoms with Gasteiger partial charge in [-0.25, -0.2) is 9.59 Å². The Labute approximate surface area is 138 Å². The number of hydrogen-bond acceptors (Lipinski definition) is 6. The van der Waals surface area contributed by atoms with Crippen LogP contribution in [0.1, 0.15) is 5.56 Å². The molecule has 2 aromatic carbocycles. The van der Waals surface area contributed by atoms with Gasteiger partial charge in [-0.1, -0.05) is 30.9 Å². The average Bonchev–Trinajstić information content (AvgIpc) is 3.02. The van der Waals surface area contributed by atoms with Gasteiger partial charge in [0.1, 0.15) is 19.0 Å². The Morgan fingerprint density at radius 2 is 2.04 bits per heavy atom. The maximum absolute atomic E-state index is 11.7. The molecule has 0 radical (unpaired) electrons. The second-order valence-corrected chi connectivity index (χ2v) is 5.25. The van der Waals surface area contributed by atoms with Gasteiger partial charge in [-0.05, 0) is 34.5 Å². The first-order chi connectivity index (χ1) is 11.6. The summed E-state index contributed by atoms with van der Waals surface area (Å²) in [5, 5.41) is 2.06. The summed E-state index contributed by atoms with van der Waals surface area (Å²) in [6, 6.07) is 11.5. The molecule has 3 rings (SSSR count). The van der Waals surface area contributed by atoms with Crippen LogP contribution in [0.3, 0.4) is 0 Å². The molecule has 2 aromatic rings. The van der Waals surface area contributed by atoms with E-state index >= 15 is 0 Å².